The van der Waals surface area contributed by atoms with Gasteiger partial charge < -0.3 is 20.1 Å². The maximum atomic E-state index is 11.9. The summed E-state index contributed by atoms with van der Waals surface area (Å²) >= 11 is 0. The lowest BCUT2D eigenvalue weighted by molar-refractivity contribution is -0.124. The number of amides is 1. The lowest BCUT2D eigenvalue weighted by Gasteiger charge is -2.23. The van der Waals surface area contributed by atoms with Crippen LogP contribution in [0.3, 0.4) is 0 Å². The summed E-state index contributed by atoms with van der Waals surface area (Å²) in [6, 6.07) is 5.89. The molecule has 22 heavy (non-hydrogen) atoms. The molecule has 0 radical (unpaired) electrons. The topological polar surface area (TPSA) is 59.6 Å². The van der Waals surface area contributed by atoms with Crippen molar-refractivity contribution in [3.63, 3.8) is 0 Å². The van der Waals surface area contributed by atoms with E-state index in [9.17, 15) is 4.79 Å². The molecule has 1 aromatic carbocycles. The molecule has 2 rings (SSSR count). The largest absolute Gasteiger partial charge is 0.493 e. The van der Waals surface area contributed by atoms with Crippen LogP contribution >= 0.6 is 0 Å². The number of allylic oxidation sites excluding steroid dienone is 1. The molecule has 1 fully saturated rings. The fourth-order valence-corrected chi connectivity index (χ4v) is 2.48. The first kappa shape index (κ1) is 16.4. The molecule has 1 aromatic rings. The summed E-state index contributed by atoms with van der Waals surface area (Å²) in [5.41, 5.74) is 1.03. The van der Waals surface area contributed by atoms with Gasteiger partial charge in [-0.05, 0) is 50.6 Å². The molecule has 0 saturated carbocycles. The number of ether oxygens (including phenoxy) is 2. The maximum Gasteiger partial charge on any atom is 0.258 e. The predicted octanol–water partition coefficient (Wildman–Crippen LogP) is 1.98. The number of carbonyl (C=O) groups excluding carboxylic acids is 1. The van der Waals surface area contributed by atoms with E-state index in [2.05, 4.69) is 10.6 Å². The van der Waals surface area contributed by atoms with E-state index in [1.54, 1.807) is 7.11 Å². The summed E-state index contributed by atoms with van der Waals surface area (Å²) in [6.45, 7) is 3.86. The van der Waals surface area contributed by atoms with Crippen LogP contribution in [0, 0.1) is 0 Å². The summed E-state index contributed by atoms with van der Waals surface area (Å²) in [5.74, 6) is 1.12. The van der Waals surface area contributed by atoms with Crippen molar-refractivity contribution in [2.75, 3.05) is 26.8 Å². The lowest BCUT2D eigenvalue weighted by atomic mass is 10.1. The number of rotatable bonds is 6. The molecule has 5 nitrogen and oxygen atoms in total. The summed E-state index contributed by atoms with van der Waals surface area (Å²) in [5, 5.41) is 6.27. The molecular formula is C17H24N2O3. The van der Waals surface area contributed by atoms with Gasteiger partial charge in [0.05, 0.1) is 7.11 Å². The second kappa shape index (κ2) is 8.44. The Balaban J connectivity index is 1.88. The summed E-state index contributed by atoms with van der Waals surface area (Å²) in [7, 11) is 1.59. The van der Waals surface area contributed by atoms with Crippen LogP contribution in [0.4, 0.5) is 0 Å². The average Bonchev–Trinajstić information content (AvgIpc) is 2.54. The first-order chi connectivity index (χ1) is 10.7. The number of methoxy groups -OCH3 is 1. The van der Waals surface area contributed by atoms with Gasteiger partial charge in [-0.3, -0.25) is 4.79 Å². The zero-order chi connectivity index (χ0) is 15.8. The first-order valence-corrected chi connectivity index (χ1v) is 7.66. The third kappa shape index (κ3) is 4.77. The molecule has 2 N–H and O–H groups in total. The number of hydrogen-bond acceptors (Lipinski definition) is 4. The molecule has 0 atom stereocenters. The van der Waals surface area contributed by atoms with Crippen molar-refractivity contribution in [2.24, 2.45) is 0 Å². The molecule has 0 unspecified atom stereocenters. The van der Waals surface area contributed by atoms with E-state index < -0.39 is 0 Å². The Morgan fingerprint density at radius 1 is 1.36 bits per heavy atom. The second-order valence-corrected chi connectivity index (χ2v) is 5.29. The van der Waals surface area contributed by atoms with Crippen LogP contribution < -0.4 is 20.1 Å². The molecule has 0 spiro atoms. The highest BCUT2D eigenvalue weighted by Crippen LogP contribution is 2.28. The van der Waals surface area contributed by atoms with Crippen LogP contribution in [-0.4, -0.2) is 38.8 Å². The second-order valence-electron chi connectivity index (χ2n) is 5.29. The van der Waals surface area contributed by atoms with Gasteiger partial charge in [0.25, 0.3) is 5.91 Å². The van der Waals surface area contributed by atoms with Crippen molar-refractivity contribution in [3.8, 4) is 11.5 Å². The van der Waals surface area contributed by atoms with E-state index in [4.69, 9.17) is 9.47 Å². The van der Waals surface area contributed by atoms with Gasteiger partial charge in [0.1, 0.15) is 0 Å². The summed E-state index contributed by atoms with van der Waals surface area (Å²) in [6.07, 6.45) is 5.87. The van der Waals surface area contributed by atoms with E-state index in [0.29, 0.717) is 11.5 Å². The highest BCUT2D eigenvalue weighted by atomic mass is 16.5. The van der Waals surface area contributed by atoms with Crippen LogP contribution in [0.1, 0.15) is 25.3 Å². The Morgan fingerprint density at radius 2 is 2.14 bits per heavy atom. The monoisotopic (exact) mass is 304 g/mol. The van der Waals surface area contributed by atoms with Crippen molar-refractivity contribution in [1.82, 2.24) is 10.6 Å². The van der Waals surface area contributed by atoms with E-state index in [-0.39, 0.29) is 18.6 Å². The molecule has 1 heterocycles. The molecule has 1 aliphatic rings. The van der Waals surface area contributed by atoms with E-state index in [1.807, 2.05) is 37.3 Å². The standard InChI is InChI=1S/C17H24N2O3/c1-3-4-13-5-6-15(16(11-13)21-2)22-12-17(20)19-14-7-9-18-10-8-14/h3-6,11,14,18H,7-10,12H2,1-2H3,(H,19,20)/b4-3+. The Bertz CT molecular complexity index is 523. The van der Waals surface area contributed by atoms with Crippen molar-refractivity contribution in [3.05, 3.63) is 29.8 Å². The molecule has 1 aliphatic heterocycles. The van der Waals surface area contributed by atoms with Gasteiger partial charge in [0, 0.05) is 6.04 Å². The van der Waals surface area contributed by atoms with Crippen molar-refractivity contribution < 1.29 is 14.3 Å². The average molecular weight is 304 g/mol. The van der Waals surface area contributed by atoms with E-state index in [1.165, 1.54) is 0 Å². The molecule has 0 aliphatic carbocycles. The van der Waals surface area contributed by atoms with Crippen LogP contribution in [0.2, 0.25) is 0 Å². The molecule has 5 heteroatoms. The van der Waals surface area contributed by atoms with Gasteiger partial charge in [-0.2, -0.15) is 0 Å². The summed E-state index contributed by atoms with van der Waals surface area (Å²) in [4.78, 5) is 11.9. The Hall–Kier alpha value is -2.01. The lowest BCUT2D eigenvalue weighted by Crippen LogP contribution is -2.44. The van der Waals surface area contributed by atoms with E-state index >= 15 is 0 Å². The fraction of sp³-hybridized carbons (Fsp3) is 0.471. The number of benzene rings is 1. The molecule has 0 bridgehead atoms. The van der Waals surface area contributed by atoms with Gasteiger partial charge >= 0.3 is 0 Å². The quantitative estimate of drug-likeness (QED) is 0.843. The smallest absolute Gasteiger partial charge is 0.258 e. The minimum atomic E-state index is -0.0912. The van der Waals surface area contributed by atoms with Gasteiger partial charge in [-0.25, -0.2) is 0 Å². The van der Waals surface area contributed by atoms with Gasteiger partial charge in [0.15, 0.2) is 18.1 Å². The molecule has 0 aromatic heterocycles. The number of carbonyl (C=O) groups is 1. The minimum absolute atomic E-state index is 0.00323. The van der Waals surface area contributed by atoms with Crippen molar-refractivity contribution in [2.45, 2.75) is 25.8 Å². The molecular weight excluding hydrogens is 280 g/mol. The maximum absolute atomic E-state index is 11.9. The highest BCUT2D eigenvalue weighted by molar-refractivity contribution is 5.78. The third-order valence-electron chi connectivity index (χ3n) is 3.61. The zero-order valence-electron chi connectivity index (χ0n) is 13.2. The third-order valence-corrected chi connectivity index (χ3v) is 3.61. The summed E-state index contributed by atoms with van der Waals surface area (Å²) < 4.78 is 10.9. The minimum Gasteiger partial charge on any atom is -0.493 e. The predicted molar refractivity (Wildman–Crippen MR) is 87.2 cm³/mol. The SMILES string of the molecule is C/C=C/c1ccc(OCC(=O)NC2CCNCC2)c(OC)c1. The zero-order valence-corrected chi connectivity index (χ0v) is 13.2. The van der Waals surface area contributed by atoms with Crippen molar-refractivity contribution in [1.29, 1.82) is 0 Å². The number of piperidine rings is 1. The van der Waals surface area contributed by atoms with E-state index in [0.717, 1.165) is 31.5 Å². The van der Waals surface area contributed by atoms with Crippen LogP contribution in [-0.2, 0) is 4.79 Å². The number of hydrogen-bond donors (Lipinski definition) is 2. The normalized spacial score (nSPS) is 15.7. The number of nitrogens with one attached hydrogen (secondary N) is 2. The molecule has 120 valence electrons. The first-order valence-electron chi connectivity index (χ1n) is 7.66. The van der Waals surface area contributed by atoms with Crippen LogP contribution in [0.25, 0.3) is 6.08 Å². The van der Waals surface area contributed by atoms with Gasteiger partial charge in [-0.1, -0.05) is 18.2 Å². The molecule has 1 amide bonds. The Labute approximate surface area is 131 Å². The van der Waals surface area contributed by atoms with Crippen LogP contribution in [0.5, 0.6) is 11.5 Å². The van der Waals surface area contributed by atoms with Gasteiger partial charge in [-0.15, -0.1) is 0 Å². The van der Waals surface area contributed by atoms with Crippen LogP contribution in [0.15, 0.2) is 24.3 Å². The highest BCUT2D eigenvalue weighted by Gasteiger charge is 2.16. The van der Waals surface area contributed by atoms with Crippen molar-refractivity contribution >= 4 is 12.0 Å². The van der Waals surface area contributed by atoms with Gasteiger partial charge in [0.2, 0.25) is 0 Å². The Kier molecular flexibility index (Phi) is 6.27. The Morgan fingerprint density at radius 3 is 2.82 bits per heavy atom. The molecule has 1 saturated heterocycles. The fourth-order valence-electron chi connectivity index (χ4n) is 2.48.